The molecule has 3 N–H and O–H groups in total. The van der Waals surface area contributed by atoms with Gasteiger partial charge in [-0.1, -0.05) is 12.1 Å². The Labute approximate surface area is 109 Å². The first-order chi connectivity index (χ1) is 9.06. The van der Waals surface area contributed by atoms with Crippen molar-refractivity contribution in [2.45, 2.75) is 6.61 Å². The van der Waals surface area contributed by atoms with Gasteiger partial charge in [0.05, 0.1) is 5.56 Å². The molecule has 0 saturated heterocycles. The van der Waals surface area contributed by atoms with Crippen molar-refractivity contribution in [2.75, 3.05) is 5.73 Å². The largest absolute Gasteiger partial charge is 0.508 e. The molecule has 4 nitrogen and oxygen atoms in total. The van der Waals surface area contributed by atoms with E-state index in [9.17, 15) is 14.3 Å². The summed E-state index contributed by atoms with van der Waals surface area (Å²) in [6.45, 7) is 0.00402. The summed E-state index contributed by atoms with van der Waals surface area (Å²) in [7, 11) is 0. The Bertz CT molecular complexity index is 613. The summed E-state index contributed by atoms with van der Waals surface area (Å²) in [4.78, 5) is 11.7. The monoisotopic (exact) mass is 261 g/mol. The first-order valence-corrected chi connectivity index (χ1v) is 5.56. The van der Waals surface area contributed by atoms with Gasteiger partial charge in [-0.05, 0) is 35.9 Å². The molecule has 2 rings (SSSR count). The molecular formula is C14H12FNO3. The molecule has 0 bridgehead atoms. The maximum absolute atomic E-state index is 12.8. The van der Waals surface area contributed by atoms with Gasteiger partial charge in [0, 0.05) is 5.69 Å². The van der Waals surface area contributed by atoms with Crippen LogP contribution in [-0.4, -0.2) is 11.1 Å². The predicted octanol–water partition coefficient (Wildman–Crippen LogP) is 2.47. The molecule has 0 aliphatic heterocycles. The average Bonchev–Trinajstić information content (AvgIpc) is 2.36. The Morgan fingerprint density at radius 1 is 1.26 bits per heavy atom. The SMILES string of the molecule is Nc1cc(F)ccc1C(=O)OCc1cccc(O)c1. The Morgan fingerprint density at radius 2 is 2.05 bits per heavy atom. The van der Waals surface area contributed by atoms with Crippen molar-refractivity contribution in [1.29, 1.82) is 0 Å². The van der Waals surface area contributed by atoms with Gasteiger partial charge in [-0.3, -0.25) is 0 Å². The Hall–Kier alpha value is -2.56. The molecule has 0 saturated carbocycles. The third kappa shape index (κ3) is 3.22. The van der Waals surface area contributed by atoms with E-state index in [-0.39, 0.29) is 23.6 Å². The number of rotatable bonds is 3. The van der Waals surface area contributed by atoms with Crippen LogP contribution in [0.3, 0.4) is 0 Å². The topological polar surface area (TPSA) is 72.6 Å². The molecule has 0 amide bonds. The third-order valence-electron chi connectivity index (χ3n) is 2.51. The second kappa shape index (κ2) is 5.39. The normalized spacial score (nSPS) is 10.2. The first kappa shape index (κ1) is 12.9. The highest BCUT2D eigenvalue weighted by atomic mass is 19.1. The number of benzene rings is 2. The fraction of sp³-hybridized carbons (Fsp3) is 0.0714. The minimum Gasteiger partial charge on any atom is -0.508 e. The zero-order valence-corrected chi connectivity index (χ0v) is 9.97. The minimum absolute atomic E-state index is 0.00402. The van der Waals surface area contributed by atoms with Gasteiger partial charge in [0.15, 0.2) is 0 Å². The number of aromatic hydroxyl groups is 1. The molecule has 0 aliphatic rings. The highest BCUT2D eigenvalue weighted by Gasteiger charge is 2.12. The van der Waals surface area contributed by atoms with E-state index in [2.05, 4.69) is 0 Å². The van der Waals surface area contributed by atoms with Gasteiger partial charge in [-0.15, -0.1) is 0 Å². The molecule has 2 aromatic rings. The summed E-state index contributed by atoms with van der Waals surface area (Å²) in [6, 6.07) is 9.83. The van der Waals surface area contributed by atoms with Gasteiger partial charge in [0.1, 0.15) is 18.2 Å². The summed E-state index contributed by atoms with van der Waals surface area (Å²) in [5.74, 6) is -1.06. The molecule has 0 radical (unpaired) electrons. The van der Waals surface area contributed by atoms with Gasteiger partial charge in [-0.2, -0.15) is 0 Å². The lowest BCUT2D eigenvalue weighted by atomic mass is 10.2. The molecule has 19 heavy (non-hydrogen) atoms. The summed E-state index contributed by atoms with van der Waals surface area (Å²) in [5.41, 5.74) is 6.32. The number of ether oxygens (including phenoxy) is 1. The number of halogens is 1. The number of anilines is 1. The van der Waals surface area contributed by atoms with Crippen LogP contribution in [-0.2, 0) is 11.3 Å². The van der Waals surface area contributed by atoms with Crippen LogP contribution in [0.15, 0.2) is 42.5 Å². The molecule has 0 aromatic heterocycles. The predicted molar refractivity (Wildman–Crippen MR) is 68.0 cm³/mol. The van der Waals surface area contributed by atoms with Crippen LogP contribution in [0.4, 0.5) is 10.1 Å². The highest BCUT2D eigenvalue weighted by Crippen LogP contribution is 2.16. The lowest BCUT2D eigenvalue weighted by Crippen LogP contribution is -2.08. The zero-order chi connectivity index (χ0) is 13.8. The van der Waals surface area contributed by atoms with Crippen molar-refractivity contribution >= 4 is 11.7 Å². The fourth-order valence-corrected chi connectivity index (χ4v) is 1.59. The van der Waals surface area contributed by atoms with Gasteiger partial charge < -0.3 is 15.6 Å². The summed E-state index contributed by atoms with van der Waals surface area (Å²) >= 11 is 0. The van der Waals surface area contributed by atoms with Gasteiger partial charge in [-0.25, -0.2) is 9.18 Å². The third-order valence-corrected chi connectivity index (χ3v) is 2.51. The van der Waals surface area contributed by atoms with E-state index < -0.39 is 11.8 Å². The van der Waals surface area contributed by atoms with Crippen molar-refractivity contribution in [1.82, 2.24) is 0 Å². The van der Waals surface area contributed by atoms with Crippen molar-refractivity contribution in [2.24, 2.45) is 0 Å². The molecule has 0 unspecified atom stereocenters. The van der Waals surface area contributed by atoms with E-state index in [1.807, 2.05) is 0 Å². The van der Waals surface area contributed by atoms with E-state index in [0.29, 0.717) is 5.56 Å². The average molecular weight is 261 g/mol. The first-order valence-electron chi connectivity index (χ1n) is 5.56. The number of phenols is 1. The lowest BCUT2D eigenvalue weighted by molar-refractivity contribution is 0.0473. The maximum atomic E-state index is 12.8. The highest BCUT2D eigenvalue weighted by molar-refractivity contribution is 5.94. The Balaban J connectivity index is 2.05. The van der Waals surface area contributed by atoms with Crippen molar-refractivity contribution in [3.63, 3.8) is 0 Å². The fourth-order valence-electron chi connectivity index (χ4n) is 1.59. The van der Waals surface area contributed by atoms with Crippen LogP contribution < -0.4 is 5.73 Å². The second-order valence-electron chi connectivity index (χ2n) is 3.98. The van der Waals surface area contributed by atoms with Crippen LogP contribution in [0.2, 0.25) is 0 Å². The van der Waals surface area contributed by atoms with Gasteiger partial charge >= 0.3 is 5.97 Å². The van der Waals surface area contributed by atoms with Crippen molar-refractivity contribution in [3.8, 4) is 5.75 Å². The summed E-state index contributed by atoms with van der Waals surface area (Å²) < 4.78 is 17.9. The lowest BCUT2D eigenvalue weighted by Gasteiger charge is -2.07. The van der Waals surface area contributed by atoms with E-state index >= 15 is 0 Å². The molecular weight excluding hydrogens is 249 g/mol. The number of hydrogen-bond acceptors (Lipinski definition) is 4. The number of nitrogens with two attached hydrogens (primary N) is 1. The van der Waals surface area contributed by atoms with Crippen LogP contribution in [0.5, 0.6) is 5.75 Å². The Morgan fingerprint density at radius 3 is 2.74 bits per heavy atom. The standard InChI is InChI=1S/C14H12FNO3/c15-10-4-5-12(13(16)7-10)14(18)19-8-9-2-1-3-11(17)6-9/h1-7,17H,8,16H2. The number of phenolic OH excluding ortho intramolecular Hbond substituents is 1. The van der Waals surface area contributed by atoms with Gasteiger partial charge in [0.25, 0.3) is 0 Å². The van der Waals surface area contributed by atoms with E-state index in [0.717, 1.165) is 12.1 Å². The quantitative estimate of drug-likeness (QED) is 0.657. The maximum Gasteiger partial charge on any atom is 0.340 e. The smallest absolute Gasteiger partial charge is 0.340 e. The number of esters is 1. The number of carbonyl (C=O) groups is 1. The van der Waals surface area contributed by atoms with E-state index in [4.69, 9.17) is 10.5 Å². The van der Waals surface area contributed by atoms with Crippen LogP contribution in [0, 0.1) is 5.82 Å². The minimum atomic E-state index is -0.638. The number of carbonyl (C=O) groups excluding carboxylic acids is 1. The molecule has 0 atom stereocenters. The second-order valence-corrected chi connectivity index (χ2v) is 3.98. The van der Waals surface area contributed by atoms with Crippen LogP contribution in [0.1, 0.15) is 15.9 Å². The van der Waals surface area contributed by atoms with Crippen LogP contribution >= 0.6 is 0 Å². The number of hydrogen-bond donors (Lipinski definition) is 2. The van der Waals surface area contributed by atoms with Gasteiger partial charge in [0.2, 0.25) is 0 Å². The Kier molecular flexibility index (Phi) is 3.66. The zero-order valence-electron chi connectivity index (χ0n) is 9.97. The van der Waals surface area contributed by atoms with Crippen LogP contribution in [0.25, 0.3) is 0 Å². The molecule has 2 aromatic carbocycles. The molecule has 5 heteroatoms. The summed E-state index contributed by atoms with van der Waals surface area (Å²) in [5, 5.41) is 9.27. The molecule has 0 heterocycles. The molecule has 0 spiro atoms. The summed E-state index contributed by atoms with van der Waals surface area (Å²) in [6.07, 6.45) is 0. The molecule has 0 aliphatic carbocycles. The molecule has 0 fully saturated rings. The van der Waals surface area contributed by atoms with E-state index in [1.165, 1.54) is 18.2 Å². The number of nitrogen functional groups attached to an aromatic ring is 1. The van der Waals surface area contributed by atoms with Crippen molar-refractivity contribution < 1.29 is 19.0 Å². The van der Waals surface area contributed by atoms with E-state index in [1.54, 1.807) is 12.1 Å². The van der Waals surface area contributed by atoms with Crippen molar-refractivity contribution in [3.05, 3.63) is 59.4 Å². The molecule has 98 valence electrons.